The predicted molar refractivity (Wildman–Crippen MR) is 110 cm³/mol. The molecule has 2 aromatic rings. The van der Waals surface area contributed by atoms with Gasteiger partial charge in [-0.15, -0.1) is 0 Å². The zero-order valence-corrected chi connectivity index (χ0v) is 16.8. The number of rotatable bonds is 3. The quantitative estimate of drug-likeness (QED) is 0.767. The van der Waals surface area contributed by atoms with Gasteiger partial charge in [-0.1, -0.05) is 53.7 Å². The van der Waals surface area contributed by atoms with Crippen LogP contribution in [0.2, 0.25) is 0 Å². The number of amidine groups is 1. The van der Waals surface area contributed by atoms with Gasteiger partial charge in [0.15, 0.2) is 15.0 Å². The van der Waals surface area contributed by atoms with E-state index in [9.17, 15) is 17.6 Å². The summed E-state index contributed by atoms with van der Waals surface area (Å²) in [6.07, 6.45) is 0.142. The molecule has 4 rings (SSSR count). The molecule has 2 unspecified atom stereocenters. The summed E-state index contributed by atoms with van der Waals surface area (Å²) >= 11 is 1.25. The number of anilines is 1. The number of hydrogen-bond donors (Lipinski definition) is 0. The average Bonchev–Trinajstić information content (AvgIpc) is 3.08. The number of sulfone groups is 1. The van der Waals surface area contributed by atoms with Crippen LogP contribution in [0.4, 0.5) is 10.1 Å². The van der Waals surface area contributed by atoms with Gasteiger partial charge < -0.3 is 4.90 Å². The molecule has 2 heterocycles. The molecule has 0 aromatic heterocycles. The van der Waals surface area contributed by atoms with Gasteiger partial charge in [0.25, 0.3) is 5.91 Å². The lowest BCUT2D eigenvalue weighted by molar-refractivity contribution is -0.117. The molecule has 0 spiro atoms. The highest BCUT2D eigenvalue weighted by Gasteiger charge is 2.49. The van der Waals surface area contributed by atoms with E-state index in [2.05, 4.69) is 4.99 Å². The van der Waals surface area contributed by atoms with Gasteiger partial charge in [-0.3, -0.25) is 4.79 Å². The maximum Gasteiger partial charge on any atom is 0.252 e. The smallest absolute Gasteiger partial charge is 0.252 e. The van der Waals surface area contributed by atoms with Crippen molar-refractivity contribution in [3.8, 4) is 0 Å². The van der Waals surface area contributed by atoms with Crippen molar-refractivity contribution in [2.45, 2.75) is 24.6 Å². The summed E-state index contributed by atoms with van der Waals surface area (Å²) < 4.78 is 38.6. The number of benzene rings is 2. The molecule has 1 amide bonds. The normalized spacial score (nSPS) is 24.5. The van der Waals surface area contributed by atoms with Gasteiger partial charge in [0.2, 0.25) is 0 Å². The number of aliphatic imine (C=N–C) groups is 1. The number of nitrogens with zero attached hydrogens (tertiary/aromatic N) is 2. The maximum absolute atomic E-state index is 14.4. The summed E-state index contributed by atoms with van der Waals surface area (Å²) in [6, 6.07) is 13.4. The van der Waals surface area contributed by atoms with Gasteiger partial charge in [-0.2, -0.15) is 4.99 Å². The molecule has 2 aromatic carbocycles. The molecule has 2 aliphatic rings. The first-order valence-corrected chi connectivity index (χ1v) is 11.6. The summed E-state index contributed by atoms with van der Waals surface area (Å²) in [5, 5.41) is 0.114. The highest BCUT2D eigenvalue weighted by molar-refractivity contribution is 8.16. The van der Waals surface area contributed by atoms with Crippen molar-refractivity contribution < 1.29 is 17.6 Å². The minimum absolute atomic E-state index is 0.0124. The van der Waals surface area contributed by atoms with E-state index >= 15 is 0 Å². The minimum Gasteiger partial charge on any atom is -0.313 e. The Morgan fingerprint density at radius 1 is 1.18 bits per heavy atom. The van der Waals surface area contributed by atoms with Crippen molar-refractivity contribution in [2.24, 2.45) is 4.99 Å². The lowest BCUT2D eigenvalue weighted by Crippen LogP contribution is -2.38. The van der Waals surface area contributed by atoms with Gasteiger partial charge in [-0.05, 0) is 24.6 Å². The van der Waals surface area contributed by atoms with Crippen molar-refractivity contribution in [3.63, 3.8) is 0 Å². The fraction of sp³-hybridized carbons (Fsp3) is 0.300. The number of para-hydroxylation sites is 1. The Labute approximate surface area is 167 Å². The Morgan fingerprint density at radius 2 is 1.89 bits per heavy atom. The van der Waals surface area contributed by atoms with Crippen LogP contribution in [0, 0.1) is 12.7 Å². The Bertz CT molecular complexity index is 1050. The lowest BCUT2D eigenvalue weighted by Gasteiger charge is -2.24. The van der Waals surface area contributed by atoms with Gasteiger partial charge in [0.05, 0.1) is 29.7 Å². The van der Waals surface area contributed by atoms with E-state index in [-0.39, 0.29) is 34.8 Å². The van der Waals surface area contributed by atoms with Crippen LogP contribution in [0.25, 0.3) is 0 Å². The van der Waals surface area contributed by atoms with Crippen LogP contribution in [0.15, 0.2) is 53.5 Å². The van der Waals surface area contributed by atoms with E-state index in [0.29, 0.717) is 5.17 Å². The maximum atomic E-state index is 14.4. The second-order valence-corrected chi connectivity index (χ2v) is 10.4. The molecule has 0 aliphatic carbocycles. The standard InChI is InChI=1S/C20H19FN2O3S2/c1-13-6-8-14(9-7-13)10-19(24)22-20-23(16-5-3-2-4-15(16)21)17-11-28(25,26)12-18(17)27-20/h2-9,17-18H,10-12H2,1H3. The predicted octanol–water partition coefficient (Wildman–Crippen LogP) is 2.98. The fourth-order valence-electron chi connectivity index (χ4n) is 3.52. The van der Waals surface area contributed by atoms with E-state index in [1.54, 1.807) is 23.1 Å². The first-order valence-electron chi connectivity index (χ1n) is 8.90. The molecule has 0 saturated carbocycles. The van der Waals surface area contributed by atoms with E-state index in [1.807, 2.05) is 31.2 Å². The minimum atomic E-state index is -3.19. The molecule has 0 radical (unpaired) electrons. The van der Waals surface area contributed by atoms with E-state index in [0.717, 1.165) is 11.1 Å². The van der Waals surface area contributed by atoms with E-state index < -0.39 is 21.7 Å². The van der Waals surface area contributed by atoms with Crippen LogP contribution in [0.1, 0.15) is 11.1 Å². The second kappa shape index (κ2) is 7.33. The number of carbonyl (C=O) groups excluding carboxylic acids is 1. The lowest BCUT2D eigenvalue weighted by atomic mass is 10.1. The van der Waals surface area contributed by atoms with Crippen LogP contribution in [0.3, 0.4) is 0 Å². The third-order valence-electron chi connectivity index (χ3n) is 4.87. The fourth-order valence-corrected chi connectivity index (χ4v) is 7.44. The van der Waals surface area contributed by atoms with Crippen LogP contribution in [0.5, 0.6) is 0 Å². The van der Waals surface area contributed by atoms with Crippen molar-refractivity contribution in [3.05, 3.63) is 65.5 Å². The summed E-state index contributed by atoms with van der Waals surface area (Å²) in [4.78, 5) is 18.3. The number of amides is 1. The summed E-state index contributed by atoms with van der Waals surface area (Å²) in [5.74, 6) is -0.856. The number of carbonyl (C=O) groups is 1. The zero-order valence-electron chi connectivity index (χ0n) is 15.2. The van der Waals surface area contributed by atoms with Crippen molar-refractivity contribution in [2.75, 3.05) is 16.4 Å². The molecule has 0 bridgehead atoms. The van der Waals surface area contributed by atoms with Gasteiger partial charge in [-0.25, -0.2) is 12.8 Å². The molecule has 146 valence electrons. The van der Waals surface area contributed by atoms with Gasteiger partial charge in [0.1, 0.15) is 5.82 Å². The highest BCUT2D eigenvalue weighted by atomic mass is 32.2. The van der Waals surface area contributed by atoms with Crippen LogP contribution >= 0.6 is 11.8 Å². The molecule has 5 nitrogen and oxygen atoms in total. The first-order chi connectivity index (χ1) is 13.3. The van der Waals surface area contributed by atoms with Gasteiger partial charge >= 0.3 is 0 Å². The van der Waals surface area contributed by atoms with Crippen molar-refractivity contribution in [1.82, 2.24) is 0 Å². The number of thioether (sulfide) groups is 1. The summed E-state index contributed by atoms with van der Waals surface area (Å²) in [5.41, 5.74) is 2.21. The van der Waals surface area contributed by atoms with Gasteiger partial charge in [0, 0.05) is 5.25 Å². The largest absolute Gasteiger partial charge is 0.313 e. The van der Waals surface area contributed by atoms with Crippen LogP contribution in [-0.4, -0.2) is 42.3 Å². The van der Waals surface area contributed by atoms with Crippen LogP contribution < -0.4 is 4.90 Å². The SMILES string of the molecule is Cc1ccc(CC(=O)N=C2SC3CS(=O)(=O)CC3N2c2ccccc2F)cc1. The molecule has 2 saturated heterocycles. The molecule has 0 N–H and O–H groups in total. The molecule has 8 heteroatoms. The van der Waals surface area contributed by atoms with Crippen LogP contribution in [-0.2, 0) is 21.1 Å². The molecule has 2 fully saturated rings. The molecular weight excluding hydrogens is 399 g/mol. The summed E-state index contributed by atoms with van der Waals surface area (Å²) in [7, 11) is -3.19. The Hall–Kier alpha value is -2.19. The van der Waals surface area contributed by atoms with E-state index in [1.165, 1.54) is 17.8 Å². The molecule has 28 heavy (non-hydrogen) atoms. The number of hydrogen-bond acceptors (Lipinski definition) is 4. The number of aryl methyl sites for hydroxylation is 1. The first kappa shape index (κ1) is 19.1. The second-order valence-electron chi connectivity index (χ2n) is 7.07. The average molecular weight is 419 g/mol. The Balaban J connectivity index is 1.65. The monoisotopic (exact) mass is 418 g/mol. The highest BCUT2D eigenvalue weighted by Crippen LogP contribution is 2.41. The third-order valence-corrected chi connectivity index (χ3v) is 8.08. The van der Waals surface area contributed by atoms with Crippen molar-refractivity contribution in [1.29, 1.82) is 0 Å². The molecule has 2 atom stereocenters. The van der Waals surface area contributed by atoms with E-state index in [4.69, 9.17) is 0 Å². The summed E-state index contributed by atoms with van der Waals surface area (Å²) in [6.45, 7) is 1.97. The Kier molecular flexibility index (Phi) is 5.01. The Morgan fingerprint density at radius 3 is 2.61 bits per heavy atom. The number of halogens is 1. The van der Waals surface area contributed by atoms with Crippen molar-refractivity contribution >= 4 is 38.4 Å². The zero-order chi connectivity index (χ0) is 19.9. The third kappa shape index (κ3) is 3.84. The molecular formula is C20H19FN2O3S2. The molecule has 2 aliphatic heterocycles. The number of fused-ring (bicyclic) bond motifs is 1. The topological polar surface area (TPSA) is 66.8 Å².